The minimum absolute atomic E-state index is 0.00219. The van der Waals surface area contributed by atoms with Crippen LogP contribution >= 0.6 is 11.3 Å². The van der Waals surface area contributed by atoms with Gasteiger partial charge in [0.15, 0.2) is 0 Å². The van der Waals surface area contributed by atoms with Crippen molar-refractivity contribution >= 4 is 33.4 Å². The zero-order valence-electron chi connectivity index (χ0n) is 20.1. The molecule has 0 bridgehead atoms. The maximum Gasteiger partial charge on any atom is 0.271 e. The maximum absolute atomic E-state index is 13.8. The summed E-state index contributed by atoms with van der Waals surface area (Å²) in [5.74, 6) is 0.00876. The van der Waals surface area contributed by atoms with Gasteiger partial charge in [0.25, 0.3) is 5.91 Å². The number of carbonyl (C=O) groups excluding carboxylic acids is 2. The molecule has 3 aliphatic rings. The van der Waals surface area contributed by atoms with E-state index in [0.29, 0.717) is 19.1 Å². The highest BCUT2D eigenvalue weighted by Gasteiger charge is 2.48. The molecule has 33 heavy (non-hydrogen) atoms. The summed E-state index contributed by atoms with van der Waals surface area (Å²) in [4.78, 5) is 31.9. The molecule has 2 aromatic rings. The topological polar surface area (TPSA) is 57.6 Å². The second kappa shape index (κ2) is 9.41. The Morgan fingerprint density at radius 2 is 1.94 bits per heavy atom. The van der Waals surface area contributed by atoms with Crippen molar-refractivity contribution in [3.63, 3.8) is 0 Å². The third-order valence-corrected chi connectivity index (χ3v) is 9.10. The minimum atomic E-state index is -0.872. The van der Waals surface area contributed by atoms with Crippen molar-refractivity contribution in [3.05, 3.63) is 23.2 Å². The van der Waals surface area contributed by atoms with E-state index < -0.39 is 5.54 Å². The molecule has 2 amide bonds. The van der Waals surface area contributed by atoms with Gasteiger partial charge in [0.2, 0.25) is 5.91 Å². The Morgan fingerprint density at radius 1 is 1.15 bits per heavy atom. The van der Waals surface area contributed by atoms with Gasteiger partial charge in [-0.1, -0.05) is 25.7 Å². The average molecular weight is 471 g/mol. The van der Waals surface area contributed by atoms with E-state index in [1.54, 1.807) is 11.3 Å². The molecule has 0 aromatic carbocycles. The van der Waals surface area contributed by atoms with Crippen LogP contribution in [0.5, 0.6) is 0 Å². The standard InChI is InChI=1S/C26H38N4O2S/c1-19-9-6-7-13-28(19)14-8-15-30-24(31)22-17-23-21(12-16-33-23)29(22)18-26(30,2)25(32)27-20-10-4-3-5-11-20/h12,16-17,19-20H,3-11,13-15,18H2,1-2H3,(H,27,32). The van der Waals surface area contributed by atoms with E-state index in [9.17, 15) is 9.59 Å². The van der Waals surface area contributed by atoms with Crippen LogP contribution in [0.3, 0.4) is 0 Å². The van der Waals surface area contributed by atoms with Gasteiger partial charge in [-0.25, -0.2) is 0 Å². The Bertz CT molecular complexity index is 1010. The number of piperidine rings is 1. The van der Waals surface area contributed by atoms with Gasteiger partial charge in [0, 0.05) is 25.2 Å². The molecule has 2 aromatic heterocycles. The lowest BCUT2D eigenvalue weighted by Gasteiger charge is -2.45. The number of carbonyl (C=O) groups is 2. The summed E-state index contributed by atoms with van der Waals surface area (Å²) in [5, 5.41) is 5.40. The zero-order chi connectivity index (χ0) is 23.0. The summed E-state index contributed by atoms with van der Waals surface area (Å²) in [7, 11) is 0. The molecule has 2 fully saturated rings. The molecule has 5 rings (SSSR count). The van der Waals surface area contributed by atoms with Crippen molar-refractivity contribution in [1.82, 2.24) is 19.7 Å². The molecule has 4 heterocycles. The van der Waals surface area contributed by atoms with E-state index in [1.165, 1.54) is 38.5 Å². The fourth-order valence-corrected chi connectivity index (χ4v) is 6.95. The van der Waals surface area contributed by atoms with E-state index >= 15 is 0 Å². The van der Waals surface area contributed by atoms with Crippen LogP contribution in [-0.4, -0.2) is 63.4 Å². The van der Waals surface area contributed by atoms with Crippen LogP contribution in [0.25, 0.3) is 10.2 Å². The number of nitrogens with one attached hydrogen (secondary N) is 1. The van der Waals surface area contributed by atoms with Gasteiger partial charge in [0.05, 0.1) is 16.8 Å². The van der Waals surface area contributed by atoms with Gasteiger partial charge in [-0.05, 0) is 70.0 Å². The van der Waals surface area contributed by atoms with Crippen molar-refractivity contribution in [1.29, 1.82) is 0 Å². The van der Waals surface area contributed by atoms with Crippen molar-refractivity contribution in [2.24, 2.45) is 0 Å². The van der Waals surface area contributed by atoms with Crippen molar-refractivity contribution in [2.45, 2.75) is 95.8 Å². The first-order valence-electron chi connectivity index (χ1n) is 12.9. The highest BCUT2D eigenvalue weighted by atomic mass is 32.1. The van der Waals surface area contributed by atoms with Gasteiger partial charge in [-0.2, -0.15) is 0 Å². The second-order valence-corrected chi connectivity index (χ2v) is 11.5. The van der Waals surface area contributed by atoms with Gasteiger partial charge < -0.3 is 19.7 Å². The Labute approximate surface area is 201 Å². The molecule has 1 aliphatic carbocycles. The van der Waals surface area contributed by atoms with Crippen molar-refractivity contribution < 1.29 is 9.59 Å². The Kier molecular flexibility index (Phi) is 6.54. The number of hydrogen-bond donors (Lipinski definition) is 1. The molecule has 2 unspecified atom stereocenters. The number of aromatic nitrogens is 1. The minimum Gasteiger partial charge on any atom is -0.351 e. The quantitative estimate of drug-likeness (QED) is 0.670. The lowest BCUT2D eigenvalue weighted by Crippen LogP contribution is -2.65. The SMILES string of the molecule is CC1CCCCN1CCCN1C(=O)c2cc3sccc3n2CC1(C)C(=O)NC1CCCCC1. The molecule has 180 valence electrons. The summed E-state index contributed by atoms with van der Waals surface area (Å²) < 4.78 is 3.20. The molecule has 7 heteroatoms. The summed E-state index contributed by atoms with van der Waals surface area (Å²) in [5.41, 5.74) is 0.927. The summed E-state index contributed by atoms with van der Waals surface area (Å²) >= 11 is 1.66. The number of fused-ring (bicyclic) bond motifs is 3. The zero-order valence-corrected chi connectivity index (χ0v) is 21.0. The van der Waals surface area contributed by atoms with Gasteiger partial charge >= 0.3 is 0 Å². The molecule has 1 N–H and O–H groups in total. The van der Waals surface area contributed by atoms with Crippen molar-refractivity contribution in [2.75, 3.05) is 19.6 Å². The third kappa shape index (κ3) is 4.34. The summed E-state index contributed by atoms with van der Waals surface area (Å²) in [6.07, 6.45) is 10.4. The van der Waals surface area contributed by atoms with E-state index in [4.69, 9.17) is 0 Å². The van der Waals surface area contributed by atoms with E-state index in [0.717, 1.165) is 48.3 Å². The number of nitrogens with zero attached hydrogens (tertiary/aromatic N) is 3. The van der Waals surface area contributed by atoms with Crippen LogP contribution in [0.15, 0.2) is 17.5 Å². The fourth-order valence-electron chi connectivity index (χ4n) is 6.13. The van der Waals surface area contributed by atoms with Crippen LogP contribution in [0.4, 0.5) is 0 Å². The highest BCUT2D eigenvalue weighted by molar-refractivity contribution is 7.17. The summed E-state index contributed by atoms with van der Waals surface area (Å²) in [6.45, 7) is 7.57. The van der Waals surface area contributed by atoms with E-state index in [2.05, 4.69) is 33.2 Å². The Morgan fingerprint density at radius 3 is 2.73 bits per heavy atom. The first-order valence-corrected chi connectivity index (χ1v) is 13.8. The molecule has 2 aliphatic heterocycles. The smallest absolute Gasteiger partial charge is 0.271 e. The number of rotatable bonds is 6. The van der Waals surface area contributed by atoms with Crippen LogP contribution in [0.1, 0.15) is 82.1 Å². The predicted molar refractivity (Wildman–Crippen MR) is 134 cm³/mol. The second-order valence-electron chi connectivity index (χ2n) is 10.6. The summed E-state index contributed by atoms with van der Waals surface area (Å²) in [6, 6.07) is 4.94. The largest absolute Gasteiger partial charge is 0.351 e. The lowest BCUT2D eigenvalue weighted by molar-refractivity contribution is -0.133. The Balaban J connectivity index is 1.38. The lowest BCUT2D eigenvalue weighted by atomic mass is 9.91. The molecule has 0 spiro atoms. The molecule has 6 nitrogen and oxygen atoms in total. The third-order valence-electron chi connectivity index (χ3n) is 8.25. The van der Waals surface area contributed by atoms with Gasteiger partial charge in [-0.15, -0.1) is 11.3 Å². The number of thiophene rings is 1. The molecule has 0 radical (unpaired) electrons. The van der Waals surface area contributed by atoms with Gasteiger partial charge in [0.1, 0.15) is 11.2 Å². The van der Waals surface area contributed by atoms with E-state index in [1.807, 2.05) is 17.9 Å². The predicted octanol–water partition coefficient (Wildman–Crippen LogP) is 4.63. The number of hydrogen-bond acceptors (Lipinski definition) is 4. The van der Waals surface area contributed by atoms with Crippen LogP contribution < -0.4 is 5.32 Å². The molecular formula is C26H38N4O2S. The first-order chi connectivity index (χ1) is 16.0. The number of amides is 2. The molecule has 1 saturated heterocycles. The maximum atomic E-state index is 13.8. The van der Waals surface area contributed by atoms with Crippen LogP contribution in [0.2, 0.25) is 0 Å². The molecule has 1 saturated carbocycles. The van der Waals surface area contributed by atoms with Crippen molar-refractivity contribution in [3.8, 4) is 0 Å². The van der Waals surface area contributed by atoms with Crippen LogP contribution in [-0.2, 0) is 11.3 Å². The van der Waals surface area contributed by atoms with Crippen LogP contribution in [0, 0.1) is 0 Å². The van der Waals surface area contributed by atoms with Gasteiger partial charge in [-0.3, -0.25) is 9.59 Å². The Hall–Kier alpha value is -1.86. The number of likely N-dealkylation sites (tertiary alicyclic amines) is 1. The monoisotopic (exact) mass is 470 g/mol. The molecular weight excluding hydrogens is 432 g/mol. The van der Waals surface area contributed by atoms with E-state index in [-0.39, 0.29) is 17.9 Å². The molecule has 2 atom stereocenters. The first kappa shape index (κ1) is 22.9. The fraction of sp³-hybridized carbons (Fsp3) is 0.692. The average Bonchev–Trinajstić information content (AvgIpc) is 3.40. The highest BCUT2D eigenvalue weighted by Crippen LogP contribution is 2.35. The normalized spacial score (nSPS) is 27.2.